The summed E-state index contributed by atoms with van der Waals surface area (Å²) < 4.78 is 11.1. The number of nitrogens with one attached hydrogen (secondary N) is 2. The summed E-state index contributed by atoms with van der Waals surface area (Å²) in [5.41, 5.74) is 3.19. The minimum atomic E-state index is -0.0627. The molecule has 3 aromatic rings. The molecule has 0 unspecified atom stereocenters. The van der Waals surface area contributed by atoms with Crippen molar-refractivity contribution in [1.29, 1.82) is 0 Å². The highest BCUT2D eigenvalue weighted by Gasteiger charge is 2.16. The smallest absolute Gasteiger partial charge is 0.252 e. The van der Waals surface area contributed by atoms with E-state index >= 15 is 0 Å². The molecule has 162 valence electrons. The third kappa shape index (κ3) is 5.40. The summed E-state index contributed by atoms with van der Waals surface area (Å²) in [6.45, 7) is 9.13. The lowest BCUT2D eigenvalue weighted by Crippen LogP contribution is -3.14. The van der Waals surface area contributed by atoms with Gasteiger partial charge in [-0.05, 0) is 50.2 Å². The van der Waals surface area contributed by atoms with Crippen molar-refractivity contribution < 1.29 is 19.2 Å². The second-order valence-corrected chi connectivity index (χ2v) is 8.13. The molecule has 0 atom stereocenters. The largest absolute Gasteiger partial charge is 0.491 e. The fraction of sp³-hybridized carbons (Fsp3) is 0.360. The molecule has 4 rings (SSSR count). The Morgan fingerprint density at radius 1 is 1.13 bits per heavy atom. The molecule has 0 radical (unpaired) electrons. The van der Waals surface area contributed by atoms with Gasteiger partial charge in [-0.2, -0.15) is 0 Å². The number of aromatic nitrogens is 1. The van der Waals surface area contributed by atoms with Gasteiger partial charge in [0.2, 0.25) is 0 Å². The minimum absolute atomic E-state index is 0.0627. The van der Waals surface area contributed by atoms with Gasteiger partial charge in [0.05, 0.1) is 49.2 Å². The average molecular weight is 421 g/mol. The first kappa shape index (κ1) is 21.3. The summed E-state index contributed by atoms with van der Waals surface area (Å²) in [5.74, 6) is 0.760. The van der Waals surface area contributed by atoms with E-state index < -0.39 is 0 Å². The van der Waals surface area contributed by atoms with E-state index in [1.807, 2.05) is 68.4 Å². The predicted molar refractivity (Wildman–Crippen MR) is 122 cm³/mol. The van der Waals surface area contributed by atoms with Crippen LogP contribution in [0.25, 0.3) is 22.2 Å². The van der Waals surface area contributed by atoms with Crippen LogP contribution in [-0.4, -0.2) is 56.4 Å². The number of amides is 1. The minimum Gasteiger partial charge on any atom is -0.491 e. The van der Waals surface area contributed by atoms with Gasteiger partial charge in [0.1, 0.15) is 18.8 Å². The number of rotatable bonds is 7. The fourth-order valence-corrected chi connectivity index (χ4v) is 3.85. The van der Waals surface area contributed by atoms with Gasteiger partial charge in [-0.15, -0.1) is 0 Å². The molecule has 1 fully saturated rings. The molecule has 0 aliphatic carbocycles. The molecule has 1 aliphatic heterocycles. The number of hydrogen-bond acceptors (Lipinski definition) is 4. The number of fused-ring (bicyclic) bond motifs is 1. The molecule has 2 heterocycles. The lowest BCUT2D eigenvalue weighted by atomic mass is 10.0. The SMILES string of the molecule is CC(C)Oc1ccc(-c2cc(C(=O)NCC[NH+]3CCOCC3)c3ccccc3n2)cc1. The number of morpholine rings is 1. The van der Waals surface area contributed by atoms with Crippen molar-refractivity contribution in [3.8, 4) is 17.0 Å². The van der Waals surface area contributed by atoms with Gasteiger partial charge in [-0.25, -0.2) is 4.98 Å². The molecular weight excluding hydrogens is 390 g/mol. The molecule has 0 saturated carbocycles. The first-order chi connectivity index (χ1) is 15.1. The van der Waals surface area contributed by atoms with Gasteiger partial charge in [0, 0.05) is 10.9 Å². The lowest BCUT2D eigenvalue weighted by Gasteiger charge is -2.23. The van der Waals surface area contributed by atoms with Crippen LogP contribution in [0.15, 0.2) is 54.6 Å². The van der Waals surface area contributed by atoms with Crippen molar-refractivity contribution >= 4 is 16.8 Å². The van der Waals surface area contributed by atoms with Crippen LogP contribution in [0, 0.1) is 0 Å². The van der Waals surface area contributed by atoms with E-state index in [2.05, 4.69) is 5.32 Å². The van der Waals surface area contributed by atoms with Gasteiger partial charge in [0.25, 0.3) is 5.91 Å². The maximum absolute atomic E-state index is 13.1. The van der Waals surface area contributed by atoms with Gasteiger partial charge < -0.3 is 19.7 Å². The van der Waals surface area contributed by atoms with E-state index in [0.717, 1.165) is 60.8 Å². The van der Waals surface area contributed by atoms with Crippen LogP contribution in [0.2, 0.25) is 0 Å². The highest BCUT2D eigenvalue weighted by molar-refractivity contribution is 6.07. The average Bonchev–Trinajstić information content (AvgIpc) is 2.79. The van der Waals surface area contributed by atoms with Gasteiger partial charge in [-0.1, -0.05) is 18.2 Å². The van der Waals surface area contributed by atoms with E-state index in [-0.39, 0.29) is 12.0 Å². The Kier molecular flexibility index (Phi) is 6.79. The van der Waals surface area contributed by atoms with Crippen LogP contribution in [0.3, 0.4) is 0 Å². The molecule has 1 aromatic heterocycles. The summed E-state index contributed by atoms with van der Waals surface area (Å²) >= 11 is 0. The lowest BCUT2D eigenvalue weighted by molar-refractivity contribution is -0.906. The maximum Gasteiger partial charge on any atom is 0.252 e. The monoisotopic (exact) mass is 420 g/mol. The van der Waals surface area contributed by atoms with Gasteiger partial charge in [0.15, 0.2) is 0 Å². The van der Waals surface area contributed by atoms with Crippen LogP contribution < -0.4 is 15.0 Å². The second kappa shape index (κ2) is 9.90. The molecule has 0 spiro atoms. The van der Waals surface area contributed by atoms with Crippen LogP contribution in [0.5, 0.6) is 5.75 Å². The molecule has 2 aromatic carbocycles. The molecule has 0 bridgehead atoms. The Labute approximate surface area is 183 Å². The van der Waals surface area contributed by atoms with Crippen molar-refractivity contribution in [3.05, 3.63) is 60.2 Å². The topological polar surface area (TPSA) is 64.9 Å². The van der Waals surface area contributed by atoms with E-state index in [0.29, 0.717) is 12.1 Å². The standard InChI is InChI=1S/C25H29N3O3/c1-18(2)31-20-9-7-19(8-10-20)24-17-22(21-5-3-4-6-23(21)27-24)25(29)26-11-12-28-13-15-30-16-14-28/h3-10,17-18H,11-16H2,1-2H3,(H,26,29)/p+1. The summed E-state index contributed by atoms with van der Waals surface area (Å²) in [6.07, 6.45) is 0.124. The Morgan fingerprint density at radius 3 is 2.61 bits per heavy atom. The first-order valence-corrected chi connectivity index (χ1v) is 11.0. The molecule has 1 saturated heterocycles. The van der Waals surface area contributed by atoms with E-state index in [9.17, 15) is 4.79 Å². The number of carbonyl (C=O) groups is 1. The molecule has 1 aliphatic rings. The number of quaternary nitrogens is 1. The predicted octanol–water partition coefficient (Wildman–Crippen LogP) is 2.33. The van der Waals surface area contributed by atoms with Crippen LogP contribution in [0.1, 0.15) is 24.2 Å². The van der Waals surface area contributed by atoms with Gasteiger partial charge >= 0.3 is 0 Å². The number of ether oxygens (including phenoxy) is 2. The highest BCUT2D eigenvalue weighted by Crippen LogP contribution is 2.26. The molecule has 1 amide bonds. The van der Waals surface area contributed by atoms with Crippen LogP contribution in [-0.2, 0) is 4.74 Å². The number of benzene rings is 2. The Hall–Kier alpha value is -2.96. The number of hydrogen-bond donors (Lipinski definition) is 2. The zero-order chi connectivity index (χ0) is 21.6. The molecule has 6 nitrogen and oxygen atoms in total. The molecule has 6 heteroatoms. The van der Waals surface area contributed by atoms with Crippen molar-refractivity contribution in [2.45, 2.75) is 20.0 Å². The maximum atomic E-state index is 13.1. The fourth-order valence-electron chi connectivity index (χ4n) is 3.85. The number of pyridine rings is 1. The zero-order valence-electron chi connectivity index (χ0n) is 18.2. The summed E-state index contributed by atoms with van der Waals surface area (Å²) in [4.78, 5) is 19.3. The summed E-state index contributed by atoms with van der Waals surface area (Å²) in [5, 5.41) is 3.96. The summed E-state index contributed by atoms with van der Waals surface area (Å²) in [6, 6.07) is 17.5. The van der Waals surface area contributed by atoms with Crippen molar-refractivity contribution in [2.75, 3.05) is 39.4 Å². The summed E-state index contributed by atoms with van der Waals surface area (Å²) in [7, 11) is 0. The first-order valence-electron chi connectivity index (χ1n) is 11.0. The van der Waals surface area contributed by atoms with Crippen LogP contribution in [0.4, 0.5) is 0 Å². The third-order valence-electron chi connectivity index (χ3n) is 5.45. The highest BCUT2D eigenvalue weighted by atomic mass is 16.5. The van der Waals surface area contributed by atoms with Crippen molar-refractivity contribution in [2.24, 2.45) is 0 Å². The Morgan fingerprint density at radius 2 is 1.87 bits per heavy atom. The van der Waals surface area contributed by atoms with Crippen molar-refractivity contribution in [1.82, 2.24) is 10.3 Å². The molecule has 31 heavy (non-hydrogen) atoms. The van der Waals surface area contributed by atoms with E-state index in [1.54, 1.807) is 0 Å². The molecular formula is C25H30N3O3+. The zero-order valence-corrected chi connectivity index (χ0v) is 18.2. The third-order valence-corrected chi connectivity index (χ3v) is 5.45. The Bertz CT molecular complexity index is 1030. The van der Waals surface area contributed by atoms with E-state index in [4.69, 9.17) is 14.5 Å². The van der Waals surface area contributed by atoms with Crippen LogP contribution >= 0.6 is 0 Å². The molecule has 2 N–H and O–H groups in total. The number of carbonyl (C=O) groups excluding carboxylic acids is 1. The number of para-hydroxylation sites is 1. The Balaban J connectivity index is 1.55. The van der Waals surface area contributed by atoms with E-state index in [1.165, 1.54) is 4.90 Å². The second-order valence-electron chi connectivity index (χ2n) is 8.13. The number of nitrogens with zero attached hydrogens (tertiary/aromatic N) is 1. The quantitative estimate of drug-likeness (QED) is 0.616. The van der Waals surface area contributed by atoms with Crippen molar-refractivity contribution in [3.63, 3.8) is 0 Å². The normalized spacial score (nSPS) is 14.7. The van der Waals surface area contributed by atoms with Gasteiger partial charge in [-0.3, -0.25) is 4.79 Å².